The molecule has 2 unspecified atom stereocenters. The molecule has 0 amide bonds. The number of aliphatic hydroxyl groups is 1. The molecule has 0 bridgehead atoms. The Labute approximate surface area is 146 Å². The largest absolute Gasteiger partial charge is 0.486 e. The van der Waals surface area contributed by atoms with E-state index in [1.165, 1.54) is 11.6 Å². The van der Waals surface area contributed by atoms with Gasteiger partial charge < -0.3 is 9.84 Å². The van der Waals surface area contributed by atoms with Gasteiger partial charge in [0.15, 0.2) is 5.82 Å². The predicted octanol–water partition coefficient (Wildman–Crippen LogP) is 4.00. The molecule has 0 saturated heterocycles. The fourth-order valence-corrected chi connectivity index (χ4v) is 3.21. The zero-order valence-corrected chi connectivity index (χ0v) is 14.9. The van der Waals surface area contributed by atoms with Gasteiger partial charge in [0.05, 0.1) is 16.8 Å². The van der Waals surface area contributed by atoms with Crippen LogP contribution >= 0.6 is 11.6 Å². The topological polar surface area (TPSA) is 47.3 Å². The Bertz CT molecular complexity index is 758. The van der Waals surface area contributed by atoms with Crippen molar-refractivity contribution in [3.8, 4) is 11.4 Å². The van der Waals surface area contributed by atoms with E-state index in [0.29, 0.717) is 11.4 Å². The third-order valence-electron chi connectivity index (χ3n) is 4.64. The van der Waals surface area contributed by atoms with Gasteiger partial charge in [-0.2, -0.15) is 5.10 Å². The van der Waals surface area contributed by atoms with Crippen LogP contribution in [0.4, 0.5) is 4.39 Å². The number of aryl methyl sites for hydroxylation is 1. The Morgan fingerprint density at radius 2 is 2.00 bits per heavy atom. The summed E-state index contributed by atoms with van der Waals surface area (Å²) in [4.78, 5) is 0. The summed E-state index contributed by atoms with van der Waals surface area (Å²) < 4.78 is 21.8. The third kappa shape index (κ3) is 3.15. The Balaban J connectivity index is 2.03. The highest BCUT2D eigenvalue weighted by Crippen LogP contribution is 2.33. The number of halogens is 2. The Morgan fingerprint density at radius 1 is 1.29 bits per heavy atom. The number of benzene rings is 1. The summed E-state index contributed by atoms with van der Waals surface area (Å²) in [6, 6.07) is 2.79. The molecule has 2 atom stereocenters. The van der Waals surface area contributed by atoms with Crippen molar-refractivity contribution in [1.29, 1.82) is 0 Å². The molecule has 1 N–H and O–H groups in total. The van der Waals surface area contributed by atoms with Gasteiger partial charge in [-0.25, -0.2) is 9.07 Å². The smallest absolute Gasteiger partial charge is 0.150 e. The second-order valence-electron chi connectivity index (χ2n) is 6.43. The fraction of sp³-hybridized carbons (Fsp3) is 0.500. The molecular formula is C18H22ClFN2O2. The minimum atomic E-state index is -0.659. The lowest BCUT2D eigenvalue weighted by molar-refractivity contribution is 0.0604. The minimum Gasteiger partial charge on any atom is -0.486 e. The lowest BCUT2D eigenvalue weighted by Gasteiger charge is -2.19. The second-order valence-corrected chi connectivity index (χ2v) is 6.83. The first-order chi connectivity index (χ1) is 11.4. The van der Waals surface area contributed by atoms with Crippen LogP contribution in [0.2, 0.25) is 5.02 Å². The van der Waals surface area contributed by atoms with Crippen molar-refractivity contribution < 1.29 is 14.2 Å². The zero-order chi connectivity index (χ0) is 17.4. The third-order valence-corrected chi connectivity index (χ3v) is 4.93. The van der Waals surface area contributed by atoms with Crippen LogP contribution in [0.5, 0.6) is 5.75 Å². The van der Waals surface area contributed by atoms with Crippen molar-refractivity contribution in [3.05, 3.63) is 39.9 Å². The van der Waals surface area contributed by atoms with Crippen LogP contribution in [0.3, 0.4) is 0 Å². The Hall–Kier alpha value is -1.59. The molecule has 0 aliphatic heterocycles. The number of aliphatic hydroxyl groups excluding tert-OH is 1. The van der Waals surface area contributed by atoms with Crippen molar-refractivity contribution in [3.63, 3.8) is 0 Å². The van der Waals surface area contributed by atoms with Gasteiger partial charge in [-0.15, -0.1) is 0 Å². The minimum absolute atomic E-state index is 0.179. The molecule has 2 aromatic rings. The highest BCUT2D eigenvalue weighted by molar-refractivity contribution is 6.32. The van der Waals surface area contributed by atoms with Crippen LogP contribution in [0.1, 0.15) is 43.6 Å². The molecule has 0 saturated carbocycles. The van der Waals surface area contributed by atoms with Gasteiger partial charge in [0, 0.05) is 11.8 Å². The van der Waals surface area contributed by atoms with Crippen LogP contribution in [-0.2, 0) is 12.8 Å². The number of hydrogen-bond acceptors (Lipinski definition) is 3. The molecule has 6 heteroatoms. The van der Waals surface area contributed by atoms with E-state index in [2.05, 4.69) is 5.10 Å². The van der Waals surface area contributed by atoms with Crippen molar-refractivity contribution >= 4 is 11.6 Å². The standard InChI is InChI=1S/C18H22ClFN2O2/c1-10-13-6-4-5-7-16(13)21-22(10)17-9-18(14(19)8-15(17)20)24-12(3)11(2)23/h8-9,11-12,23H,4-7H2,1-3H3. The summed E-state index contributed by atoms with van der Waals surface area (Å²) >= 11 is 6.10. The van der Waals surface area contributed by atoms with Crippen LogP contribution in [0, 0.1) is 12.7 Å². The van der Waals surface area contributed by atoms with Gasteiger partial charge in [-0.05, 0) is 58.1 Å². The van der Waals surface area contributed by atoms with Crippen LogP contribution in [0.15, 0.2) is 12.1 Å². The maximum Gasteiger partial charge on any atom is 0.150 e. The number of hydrogen-bond donors (Lipinski definition) is 1. The van der Waals surface area contributed by atoms with Gasteiger partial charge in [-0.3, -0.25) is 0 Å². The molecule has 130 valence electrons. The molecule has 1 aromatic heterocycles. The Morgan fingerprint density at radius 3 is 2.67 bits per heavy atom. The number of ether oxygens (including phenoxy) is 1. The predicted molar refractivity (Wildman–Crippen MR) is 91.7 cm³/mol. The van der Waals surface area contributed by atoms with E-state index >= 15 is 0 Å². The molecule has 24 heavy (non-hydrogen) atoms. The van der Waals surface area contributed by atoms with Crippen LogP contribution in [-0.4, -0.2) is 27.1 Å². The lowest BCUT2D eigenvalue weighted by Crippen LogP contribution is -2.25. The summed E-state index contributed by atoms with van der Waals surface area (Å²) in [7, 11) is 0. The highest BCUT2D eigenvalue weighted by atomic mass is 35.5. The van der Waals surface area contributed by atoms with Gasteiger partial charge in [0.25, 0.3) is 0 Å². The van der Waals surface area contributed by atoms with Crippen molar-refractivity contribution in [1.82, 2.24) is 9.78 Å². The average molecular weight is 353 g/mol. The summed E-state index contributed by atoms with van der Waals surface area (Å²) in [5, 5.41) is 14.4. The van der Waals surface area contributed by atoms with Crippen molar-refractivity contribution in [2.45, 2.75) is 58.7 Å². The summed E-state index contributed by atoms with van der Waals surface area (Å²) in [6.07, 6.45) is 3.07. The van der Waals surface area contributed by atoms with E-state index in [1.54, 1.807) is 24.6 Å². The molecule has 1 aliphatic rings. The second kappa shape index (κ2) is 6.73. The van der Waals surface area contributed by atoms with E-state index in [1.807, 2.05) is 6.92 Å². The molecular weight excluding hydrogens is 331 g/mol. The Kier molecular flexibility index (Phi) is 4.83. The normalized spacial score (nSPS) is 16.6. The SMILES string of the molecule is Cc1c2c(nn1-c1cc(OC(C)C(C)O)c(Cl)cc1F)CCCC2. The maximum absolute atomic E-state index is 14.5. The summed E-state index contributed by atoms with van der Waals surface area (Å²) in [6.45, 7) is 5.33. The van der Waals surface area contributed by atoms with E-state index in [9.17, 15) is 9.50 Å². The molecule has 1 aliphatic carbocycles. The van der Waals surface area contributed by atoms with Gasteiger partial charge >= 0.3 is 0 Å². The molecule has 0 radical (unpaired) electrons. The molecule has 0 spiro atoms. The molecule has 3 rings (SSSR count). The van der Waals surface area contributed by atoms with Crippen LogP contribution < -0.4 is 4.74 Å². The molecule has 1 aromatic carbocycles. The first-order valence-corrected chi connectivity index (χ1v) is 8.67. The van der Waals surface area contributed by atoms with Gasteiger partial charge in [0.2, 0.25) is 0 Å². The number of nitrogens with zero attached hydrogens (tertiary/aromatic N) is 2. The van der Waals surface area contributed by atoms with Gasteiger partial charge in [-0.1, -0.05) is 11.6 Å². The van der Waals surface area contributed by atoms with Crippen LogP contribution in [0.25, 0.3) is 5.69 Å². The molecule has 1 heterocycles. The monoisotopic (exact) mass is 352 g/mol. The highest BCUT2D eigenvalue weighted by Gasteiger charge is 2.22. The van der Waals surface area contributed by atoms with E-state index in [-0.39, 0.29) is 5.02 Å². The first kappa shape index (κ1) is 17.2. The summed E-state index contributed by atoms with van der Waals surface area (Å²) in [5.74, 6) is -0.102. The molecule has 0 fully saturated rings. The maximum atomic E-state index is 14.5. The number of rotatable bonds is 4. The molecule has 4 nitrogen and oxygen atoms in total. The summed E-state index contributed by atoms with van der Waals surface area (Å²) in [5.41, 5.74) is 3.54. The quantitative estimate of drug-likeness (QED) is 0.904. The zero-order valence-electron chi connectivity index (χ0n) is 14.1. The van der Waals surface area contributed by atoms with E-state index in [0.717, 1.165) is 37.1 Å². The average Bonchev–Trinajstić information content (AvgIpc) is 2.87. The van der Waals surface area contributed by atoms with Gasteiger partial charge in [0.1, 0.15) is 17.5 Å². The van der Waals surface area contributed by atoms with E-state index < -0.39 is 18.0 Å². The van der Waals surface area contributed by atoms with Crippen molar-refractivity contribution in [2.75, 3.05) is 0 Å². The number of fused-ring (bicyclic) bond motifs is 1. The lowest BCUT2D eigenvalue weighted by atomic mass is 9.96. The van der Waals surface area contributed by atoms with E-state index in [4.69, 9.17) is 16.3 Å². The van der Waals surface area contributed by atoms with Crippen molar-refractivity contribution in [2.24, 2.45) is 0 Å². The first-order valence-electron chi connectivity index (χ1n) is 8.30. The number of aromatic nitrogens is 2. The fourth-order valence-electron chi connectivity index (χ4n) is 3.02.